The lowest BCUT2D eigenvalue weighted by Crippen LogP contribution is -2.25. The van der Waals surface area contributed by atoms with Gasteiger partial charge in [0.2, 0.25) is 15.7 Å². The Hall–Kier alpha value is -2.22. The second-order valence-electron chi connectivity index (χ2n) is 4.61. The summed E-state index contributed by atoms with van der Waals surface area (Å²) in [6.07, 6.45) is 1.25. The highest BCUT2D eigenvalue weighted by Crippen LogP contribution is 2.07. The molecule has 0 aliphatic rings. The van der Waals surface area contributed by atoms with E-state index < -0.39 is 15.1 Å². The number of aromatic nitrogens is 2. The molecule has 8 heteroatoms. The average Bonchev–Trinajstić information content (AvgIpc) is 2.88. The first-order valence-corrected chi connectivity index (χ1v) is 8.13. The molecule has 0 aliphatic carbocycles. The van der Waals surface area contributed by atoms with Crippen LogP contribution in [0.4, 0.5) is 0 Å². The molecule has 1 heterocycles. The molecule has 2 aromatic rings. The maximum Gasteiger partial charge on any atom is 0.335 e. The van der Waals surface area contributed by atoms with Crippen LogP contribution < -0.4 is 5.32 Å². The highest BCUT2D eigenvalue weighted by Gasteiger charge is 2.16. The molecule has 0 spiro atoms. The highest BCUT2D eigenvalue weighted by atomic mass is 32.2. The van der Waals surface area contributed by atoms with Crippen LogP contribution in [0.15, 0.2) is 33.9 Å². The molecule has 112 valence electrons. The van der Waals surface area contributed by atoms with Crippen LogP contribution in [0.1, 0.15) is 21.8 Å². The van der Waals surface area contributed by atoms with Gasteiger partial charge in [0.1, 0.15) is 0 Å². The summed E-state index contributed by atoms with van der Waals surface area (Å²) in [5.41, 5.74) is 1.63. The molecule has 0 fully saturated rings. The van der Waals surface area contributed by atoms with Crippen molar-refractivity contribution in [1.82, 2.24) is 15.5 Å². The van der Waals surface area contributed by atoms with Gasteiger partial charge in [0.05, 0.1) is 0 Å². The van der Waals surface area contributed by atoms with E-state index in [2.05, 4.69) is 15.5 Å². The van der Waals surface area contributed by atoms with Gasteiger partial charge in [-0.3, -0.25) is 4.79 Å². The Kier molecular flexibility index (Phi) is 4.37. The maximum absolute atomic E-state index is 11.8. The van der Waals surface area contributed by atoms with E-state index in [1.54, 1.807) is 12.1 Å². The molecule has 1 aromatic heterocycles. The number of carbonyl (C=O) groups is 1. The van der Waals surface area contributed by atoms with Gasteiger partial charge in [0.25, 0.3) is 5.91 Å². The number of hydrogen-bond donors (Lipinski definition) is 1. The number of nitrogens with zero attached hydrogens (tertiary/aromatic N) is 2. The van der Waals surface area contributed by atoms with Crippen molar-refractivity contribution in [2.45, 2.75) is 18.6 Å². The van der Waals surface area contributed by atoms with Crippen LogP contribution in [0, 0.1) is 6.92 Å². The summed E-state index contributed by atoms with van der Waals surface area (Å²) in [7, 11) is -3.50. The van der Waals surface area contributed by atoms with Crippen LogP contribution in [0.25, 0.3) is 0 Å². The predicted octanol–water partition coefficient (Wildman–Crippen LogP) is 0.754. The first-order chi connectivity index (χ1) is 9.86. The molecule has 0 bridgehead atoms. The van der Waals surface area contributed by atoms with Gasteiger partial charge in [-0.2, -0.15) is 0 Å². The second kappa shape index (κ2) is 6.04. The van der Waals surface area contributed by atoms with E-state index in [9.17, 15) is 13.2 Å². The van der Waals surface area contributed by atoms with Crippen molar-refractivity contribution in [2.24, 2.45) is 0 Å². The van der Waals surface area contributed by atoms with Gasteiger partial charge in [-0.15, -0.1) is 5.10 Å². The zero-order valence-corrected chi connectivity index (χ0v) is 12.5. The van der Waals surface area contributed by atoms with E-state index in [-0.39, 0.29) is 24.8 Å². The first kappa shape index (κ1) is 15.2. The van der Waals surface area contributed by atoms with Gasteiger partial charge in [0, 0.05) is 24.8 Å². The van der Waals surface area contributed by atoms with Crippen LogP contribution in [0.5, 0.6) is 0 Å². The second-order valence-corrected chi connectivity index (χ2v) is 6.50. The van der Waals surface area contributed by atoms with Crippen molar-refractivity contribution in [3.05, 3.63) is 41.3 Å². The van der Waals surface area contributed by atoms with Crippen LogP contribution in [-0.2, 0) is 16.3 Å². The molecule has 21 heavy (non-hydrogen) atoms. The van der Waals surface area contributed by atoms with E-state index in [1.165, 1.54) is 0 Å². The Morgan fingerprint density at radius 2 is 1.90 bits per heavy atom. The average molecular weight is 309 g/mol. The molecule has 0 saturated heterocycles. The van der Waals surface area contributed by atoms with E-state index in [1.807, 2.05) is 19.1 Å². The van der Waals surface area contributed by atoms with Crippen molar-refractivity contribution in [3.63, 3.8) is 0 Å². The molecule has 0 unspecified atom stereocenters. The minimum atomic E-state index is -3.50. The molecule has 0 atom stereocenters. The standard InChI is InChI=1S/C13H15N3O4S/c1-9-3-5-10(6-4-9)12(17)14-8-7-11-15-16-13(20-11)21(2,18)19/h3-6H,7-8H2,1-2H3,(H,14,17). The van der Waals surface area contributed by atoms with Crippen molar-refractivity contribution < 1.29 is 17.6 Å². The number of benzene rings is 1. The van der Waals surface area contributed by atoms with Gasteiger partial charge in [-0.05, 0) is 19.1 Å². The largest absolute Gasteiger partial charge is 0.412 e. The molecule has 0 saturated carbocycles. The lowest BCUT2D eigenvalue weighted by atomic mass is 10.1. The van der Waals surface area contributed by atoms with E-state index in [0.29, 0.717) is 5.56 Å². The molecule has 2 rings (SSSR count). The van der Waals surface area contributed by atoms with Crippen LogP contribution in [0.2, 0.25) is 0 Å². The SMILES string of the molecule is Cc1ccc(C(=O)NCCc2nnc(S(C)(=O)=O)o2)cc1. The minimum absolute atomic E-state index is 0.166. The zero-order valence-electron chi connectivity index (χ0n) is 11.7. The fourth-order valence-corrected chi connectivity index (χ4v) is 2.02. The number of nitrogens with one attached hydrogen (secondary N) is 1. The van der Waals surface area contributed by atoms with Crippen molar-refractivity contribution in [3.8, 4) is 0 Å². The normalized spacial score (nSPS) is 11.3. The number of rotatable bonds is 5. The molecule has 1 amide bonds. The number of aryl methyl sites for hydroxylation is 1. The summed E-state index contributed by atoms with van der Waals surface area (Å²) >= 11 is 0. The van der Waals surface area contributed by atoms with Gasteiger partial charge in [-0.25, -0.2) is 8.42 Å². The smallest absolute Gasteiger partial charge is 0.335 e. The minimum Gasteiger partial charge on any atom is -0.412 e. The molecule has 0 radical (unpaired) electrons. The zero-order chi connectivity index (χ0) is 15.5. The molecule has 0 aliphatic heterocycles. The van der Waals surface area contributed by atoms with Gasteiger partial charge in [-0.1, -0.05) is 22.8 Å². The molecule has 1 aromatic carbocycles. The number of hydrogen-bond acceptors (Lipinski definition) is 6. The van der Waals surface area contributed by atoms with Crippen molar-refractivity contribution >= 4 is 15.7 Å². The number of carbonyl (C=O) groups excluding carboxylic acids is 1. The molecule has 7 nitrogen and oxygen atoms in total. The third kappa shape index (κ3) is 4.12. The summed E-state index contributed by atoms with van der Waals surface area (Å²) in [6, 6.07) is 7.18. The van der Waals surface area contributed by atoms with Crippen molar-refractivity contribution in [2.75, 3.05) is 12.8 Å². The Morgan fingerprint density at radius 1 is 1.24 bits per heavy atom. The van der Waals surface area contributed by atoms with Crippen LogP contribution in [0.3, 0.4) is 0 Å². The molecular weight excluding hydrogens is 294 g/mol. The Balaban J connectivity index is 1.88. The molecular formula is C13H15N3O4S. The summed E-state index contributed by atoms with van der Waals surface area (Å²) in [6.45, 7) is 2.22. The summed E-state index contributed by atoms with van der Waals surface area (Å²) in [4.78, 5) is 11.8. The van der Waals surface area contributed by atoms with Crippen molar-refractivity contribution in [1.29, 1.82) is 0 Å². The first-order valence-electron chi connectivity index (χ1n) is 6.23. The Bertz CT molecular complexity index is 735. The summed E-state index contributed by atoms with van der Waals surface area (Å²) < 4.78 is 27.3. The maximum atomic E-state index is 11.8. The van der Waals surface area contributed by atoms with Crippen LogP contribution >= 0.6 is 0 Å². The molecule has 1 N–H and O–H groups in total. The summed E-state index contributed by atoms with van der Waals surface area (Å²) in [5.74, 6) is -0.0440. The van der Waals surface area contributed by atoms with Gasteiger partial charge >= 0.3 is 5.22 Å². The third-order valence-corrected chi connectivity index (χ3v) is 3.50. The third-order valence-electron chi connectivity index (χ3n) is 2.70. The van der Waals surface area contributed by atoms with E-state index >= 15 is 0 Å². The Morgan fingerprint density at radius 3 is 2.48 bits per heavy atom. The topological polar surface area (TPSA) is 102 Å². The number of amides is 1. The van der Waals surface area contributed by atoms with E-state index in [4.69, 9.17) is 4.42 Å². The van der Waals surface area contributed by atoms with Gasteiger partial charge < -0.3 is 9.73 Å². The number of sulfone groups is 1. The monoisotopic (exact) mass is 309 g/mol. The van der Waals surface area contributed by atoms with Gasteiger partial charge in [0.15, 0.2) is 0 Å². The van der Waals surface area contributed by atoms with Crippen LogP contribution in [-0.4, -0.2) is 37.3 Å². The lowest BCUT2D eigenvalue weighted by Gasteiger charge is -2.03. The fourth-order valence-electron chi connectivity index (χ4n) is 1.58. The highest BCUT2D eigenvalue weighted by molar-refractivity contribution is 7.90. The lowest BCUT2D eigenvalue weighted by molar-refractivity contribution is 0.0953. The van der Waals surface area contributed by atoms with E-state index in [0.717, 1.165) is 11.8 Å². The predicted molar refractivity (Wildman–Crippen MR) is 74.6 cm³/mol. The summed E-state index contributed by atoms with van der Waals surface area (Å²) in [5, 5.41) is 9.34. The fraction of sp³-hybridized carbons (Fsp3) is 0.308. The quantitative estimate of drug-likeness (QED) is 0.874. The Labute approximate surface area is 122 Å².